The summed E-state index contributed by atoms with van der Waals surface area (Å²) in [5.41, 5.74) is 0.0251. The average molecular weight is 277 g/mol. The van der Waals surface area contributed by atoms with Gasteiger partial charge in [-0.3, -0.25) is 4.79 Å². The molecule has 1 aromatic carbocycles. The van der Waals surface area contributed by atoms with Crippen molar-refractivity contribution in [1.29, 1.82) is 0 Å². The van der Waals surface area contributed by atoms with Gasteiger partial charge in [0.15, 0.2) is 0 Å². The summed E-state index contributed by atoms with van der Waals surface area (Å²) >= 11 is 0. The third-order valence-electron chi connectivity index (χ3n) is 2.22. The number of nitrogens with one attached hydrogen (secondary N) is 1. The summed E-state index contributed by atoms with van der Waals surface area (Å²) in [7, 11) is 1.28. The largest absolute Gasteiger partial charge is 0.496 e. The quantitative estimate of drug-likeness (QED) is 0.876. The maximum Gasteiger partial charge on any atom is 0.471 e. The van der Waals surface area contributed by atoms with E-state index in [1.165, 1.54) is 19.2 Å². The van der Waals surface area contributed by atoms with Crippen LogP contribution in [0.25, 0.3) is 0 Å². The van der Waals surface area contributed by atoms with Gasteiger partial charge in [0.25, 0.3) is 0 Å². The summed E-state index contributed by atoms with van der Waals surface area (Å²) in [5, 5.41) is 10.4. The van der Waals surface area contributed by atoms with Crippen LogP contribution in [0.15, 0.2) is 18.2 Å². The molecule has 0 heterocycles. The van der Waals surface area contributed by atoms with Crippen molar-refractivity contribution in [3.8, 4) is 5.75 Å². The number of methoxy groups -OCH3 is 1. The minimum absolute atomic E-state index is 0.114. The lowest BCUT2D eigenvalue weighted by atomic mass is 10.1. The smallest absolute Gasteiger partial charge is 0.471 e. The molecule has 0 unspecified atom stereocenters. The van der Waals surface area contributed by atoms with E-state index in [9.17, 15) is 22.8 Å². The van der Waals surface area contributed by atoms with Crippen LogP contribution in [0.4, 0.5) is 13.2 Å². The highest BCUT2D eigenvalue weighted by molar-refractivity contribution is 5.88. The molecule has 0 aliphatic heterocycles. The van der Waals surface area contributed by atoms with Gasteiger partial charge in [-0.2, -0.15) is 13.2 Å². The lowest BCUT2D eigenvalue weighted by Crippen LogP contribution is -2.36. The Hall–Kier alpha value is -2.25. The Balaban J connectivity index is 2.90. The molecule has 1 amide bonds. The number of benzene rings is 1. The molecular weight excluding hydrogens is 267 g/mol. The fourth-order valence-corrected chi connectivity index (χ4v) is 1.33. The molecule has 1 rings (SSSR count). The molecule has 5 nitrogen and oxygen atoms in total. The molecule has 0 atom stereocenters. The van der Waals surface area contributed by atoms with E-state index in [2.05, 4.69) is 0 Å². The predicted octanol–water partition coefficient (Wildman–Crippen LogP) is 1.57. The van der Waals surface area contributed by atoms with Crippen molar-refractivity contribution in [3.05, 3.63) is 29.3 Å². The second-order valence-corrected chi connectivity index (χ2v) is 3.51. The number of rotatable bonds is 4. The van der Waals surface area contributed by atoms with Crippen LogP contribution in [0.5, 0.6) is 5.75 Å². The number of alkyl halides is 3. The van der Waals surface area contributed by atoms with Crippen molar-refractivity contribution >= 4 is 11.9 Å². The van der Waals surface area contributed by atoms with Gasteiger partial charge in [-0.25, -0.2) is 4.79 Å². The van der Waals surface area contributed by atoms with Gasteiger partial charge in [-0.1, -0.05) is 0 Å². The number of hydrogen-bond acceptors (Lipinski definition) is 3. The number of carboxylic acids is 1. The van der Waals surface area contributed by atoms with E-state index in [0.29, 0.717) is 0 Å². The lowest BCUT2D eigenvalue weighted by molar-refractivity contribution is -0.173. The molecule has 8 heteroatoms. The maximum absolute atomic E-state index is 12.0. The second kappa shape index (κ2) is 5.59. The summed E-state index contributed by atoms with van der Waals surface area (Å²) in [6.07, 6.45) is -4.99. The monoisotopic (exact) mass is 277 g/mol. The number of carboxylic acid groups (broad SMARTS) is 1. The summed E-state index contributed by atoms with van der Waals surface area (Å²) in [6.45, 7) is -0.483. The topological polar surface area (TPSA) is 75.6 Å². The zero-order valence-electron chi connectivity index (χ0n) is 9.75. The predicted molar refractivity (Wildman–Crippen MR) is 57.9 cm³/mol. The van der Waals surface area contributed by atoms with E-state index in [4.69, 9.17) is 9.84 Å². The number of aromatic carboxylic acids is 1. The molecule has 0 saturated carbocycles. The lowest BCUT2D eigenvalue weighted by Gasteiger charge is -2.11. The van der Waals surface area contributed by atoms with Crippen molar-refractivity contribution in [1.82, 2.24) is 5.32 Å². The highest BCUT2D eigenvalue weighted by atomic mass is 19.4. The van der Waals surface area contributed by atoms with E-state index < -0.39 is 24.6 Å². The third-order valence-corrected chi connectivity index (χ3v) is 2.22. The van der Waals surface area contributed by atoms with Gasteiger partial charge in [0.05, 0.1) is 12.7 Å². The summed E-state index contributed by atoms with van der Waals surface area (Å²) in [4.78, 5) is 21.4. The number of halogens is 3. The Labute approximate surface area is 106 Å². The van der Waals surface area contributed by atoms with Crippen molar-refractivity contribution in [2.75, 3.05) is 7.11 Å². The normalized spacial score (nSPS) is 10.9. The van der Waals surface area contributed by atoms with E-state index in [1.807, 2.05) is 0 Å². The Bertz CT molecular complexity index is 499. The minimum Gasteiger partial charge on any atom is -0.496 e. The fourth-order valence-electron chi connectivity index (χ4n) is 1.33. The highest BCUT2D eigenvalue weighted by Crippen LogP contribution is 2.21. The number of amides is 1. The molecule has 0 fully saturated rings. The SMILES string of the molecule is COc1ccc(C(=O)O)cc1CNC(=O)C(F)(F)F. The minimum atomic E-state index is -4.99. The molecule has 0 aromatic heterocycles. The Morgan fingerprint density at radius 2 is 2.00 bits per heavy atom. The van der Waals surface area contributed by atoms with E-state index in [0.717, 1.165) is 6.07 Å². The van der Waals surface area contributed by atoms with Crippen LogP contribution < -0.4 is 10.1 Å². The Morgan fingerprint density at radius 1 is 1.37 bits per heavy atom. The van der Waals surface area contributed by atoms with Gasteiger partial charge < -0.3 is 15.2 Å². The first-order valence-electron chi connectivity index (χ1n) is 5.01. The molecule has 1 aromatic rings. The molecule has 0 bridgehead atoms. The van der Waals surface area contributed by atoms with Crippen molar-refractivity contribution < 1.29 is 32.6 Å². The molecule has 0 saturated heterocycles. The van der Waals surface area contributed by atoms with Gasteiger partial charge in [0.2, 0.25) is 0 Å². The molecule has 0 aliphatic rings. The molecule has 104 valence electrons. The molecular formula is C11H10F3NO4. The van der Waals surface area contributed by atoms with E-state index in [1.54, 1.807) is 5.32 Å². The number of hydrogen-bond donors (Lipinski definition) is 2. The first-order chi connectivity index (χ1) is 8.75. The molecule has 2 N–H and O–H groups in total. The molecule has 0 aliphatic carbocycles. The summed E-state index contributed by atoms with van der Waals surface area (Å²) < 4.78 is 40.9. The van der Waals surface area contributed by atoms with E-state index >= 15 is 0 Å². The first kappa shape index (κ1) is 14.8. The van der Waals surface area contributed by atoms with Gasteiger partial charge in [0, 0.05) is 12.1 Å². The van der Waals surface area contributed by atoms with Crippen LogP contribution >= 0.6 is 0 Å². The number of carbonyl (C=O) groups is 2. The van der Waals surface area contributed by atoms with Gasteiger partial charge >= 0.3 is 18.1 Å². The summed E-state index contributed by atoms with van der Waals surface area (Å²) in [6, 6.07) is 3.69. The zero-order chi connectivity index (χ0) is 14.6. The highest BCUT2D eigenvalue weighted by Gasteiger charge is 2.38. The van der Waals surface area contributed by atoms with Gasteiger partial charge in [-0.05, 0) is 18.2 Å². The van der Waals surface area contributed by atoms with Crippen LogP contribution in [-0.2, 0) is 11.3 Å². The average Bonchev–Trinajstić information content (AvgIpc) is 2.34. The van der Waals surface area contributed by atoms with E-state index in [-0.39, 0.29) is 16.9 Å². The van der Waals surface area contributed by atoms with Crippen LogP contribution in [0, 0.1) is 0 Å². The first-order valence-corrected chi connectivity index (χ1v) is 5.01. The zero-order valence-corrected chi connectivity index (χ0v) is 9.75. The van der Waals surface area contributed by atoms with Crippen LogP contribution in [0.1, 0.15) is 15.9 Å². The van der Waals surface area contributed by atoms with Crippen LogP contribution in [-0.4, -0.2) is 30.3 Å². The summed E-state index contributed by atoms with van der Waals surface area (Å²) in [5.74, 6) is -3.14. The third kappa shape index (κ3) is 3.87. The molecule has 19 heavy (non-hydrogen) atoms. The van der Waals surface area contributed by atoms with Gasteiger partial charge in [0.1, 0.15) is 5.75 Å². The number of ether oxygens (including phenoxy) is 1. The molecule has 0 spiro atoms. The Kier molecular flexibility index (Phi) is 4.36. The molecule has 0 radical (unpaired) electrons. The fraction of sp³-hybridized carbons (Fsp3) is 0.273. The standard InChI is InChI=1S/C11H10F3NO4/c1-19-8-3-2-6(9(16)17)4-7(8)5-15-10(18)11(12,13)14/h2-4H,5H2,1H3,(H,15,18)(H,16,17). The van der Waals surface area contributed by atoms with Crippen molar-refractivity contribution in [2.24, 2.45) is 0 Å². The Morgan fingerprint density at radius 3 is 2.47 bits per heavy atom. The van der Waals surface area contributed by atoms with Crippen molar-refractivity contribution in [2.45, 2.75) is 12.7 Å². The van der Waals surface area contributed by atoms with Crippen LogP contribution in [0.2, 0.25) is 0 Å². The number of carbonyl (C=O) groups excluding carboxylic acids is 1. The maximum atomic E-state index is 12.0. The van der Waals surface area contributed by atoms with Gasteiger partial charge in [-0.15, -0.1) is 0 Å². The van der Waals surface area contributed by atoms with Crippen LogP contribution in [0.3, 0.4) is 0 Å². The van der Waals surface area contributed by atoms with Crippen molar-refractivity contribution in [3.63, 3.8) is 0 Å². The second-order valence-electron chi connectivity index (χ2n) is 3.51.